The number of aliphatic imine (C=N–C) groups is 2. The SMILES string of the molecule is I.O=C(O)CSC1=NC(=Nc2ccc(Cl)cc2)C2(CCCC2)N1c1ccc(C(=O)O)cc1. The number of hydrogen-bond acceptors (Lipinski definition) is 5. The second kappa shape index (κ2) is 10.2. The molecule has 1 fully saturated rings. The first-order chi connectivity index (χ1) is 14.9. The van der Waals surface area contributed by atoms with Gasteiger partial charge in [-0.1, -0.05) is 36.2 Å². The van der Waals surface area contributed by atoms with E-state index in [1.807, 2.05) is 17.0 Å². The molecule has 0 aromatic heterocycles. The molecule has 32 heavy (non-hydrogen) atoms. The molecule has 2 N–H and O–H groups in total. The second-order valence-corrected chi connectivity index (χ2v) is 8.79. The number of amidine groups is 2. The first kappa shape index (κ1) is 24.5. The van der Waals surface area contributed by atoms with Gasteiger partial charge in [-0.05, 0) is 61.4 Å². The van der Waals surface area contributed by atoms with E-state index < -0.39 is 17.5 Å². The van der Waals surface area contributed by atoms with Gasteiger partial charge >= 0.3 is 11.9 Å². The van der Waals surface area contributed by atoms with Crippen LogP contribution in [0, 0.1) is 0 Å². The van der Waals surface area contributed by atoms with Crippen LogP contribution in [0.5, 0.6) is 0 Å². The standard InChI is InChI=1S/C22H20ClN3O4S.HI/c23-15-5-7-16(8-6-15)24-20-22(11-1-2-12-22)26(21(25-20)31-13-18(27)28)17-9-3-14(4-10-17)19(29)30;/h3-10H,1-2,11-13H2,(H,27,28)(H,29,30);1H. The van der Waals surface area contributed by atoms with E-state index in [0.717, 1.165) is 48.8 Å². The highest BCUT2D eigenvalue weighted by Gasteiger charge is 2.51. The Labute approximate surface area is 211 Å². The molecule has 1 aliphatic heterocycles. The van der Waals surface area contributed by atoms with Gasteiger partial charge in [0.05, 0.1) is 17.0 Å². The first-order valence-corrected chi connectivity index (χ1v) is 11.2. The Hall–Kier alpha value is -2.11. The van der Waals surface area contributed by atoms with Crippen LogP contribution in [0.15, 0.2) is 58.5 Å². The Morgan fingerprint density at radius 1 is 1.06 bits per heavy atom. The molecule has 1 heterocycles. The van der Waals surface area contributed by atoms with Crippen molar-refractivity contribution in [3.8, 4) is 0 Å². The van der Waals surface area contributed by atoms with Crippen LogP contribution in [0.25, 0.3) is 0 Å². The van der Waals surface area contributed by atoms with Gasteiger partial charge in [0, 0.05) is 10.7 Å². The summed E-state index contributed by atoms with van der Waals surface area (Å²) in [7, 11) is 0. The third-order valence-electron chi connectivity index (χ3n) is 5.43. The van der Waals surface area contributed by atoms with Crippen molar-refractivity contribution in [1.29, 1.82) is 0 Å². The Morgan fingerprint density at radius 3 is 2.25 bits per heavy atom. The zero-order valence-electron chi connectivity index (χ0n) is 16.9. The minimum absolute atomic E-state index is 0. The van der Waals surface area contributed by atoms with Crippen molar-refractivity contribution in [2.45, 2.75) is 31.2 Å². The largest absolute Gasteiger partial charge is 0.481 e. The average molecular weight is 586 g/mol. The monoisotopic (exact) mass is 585 g/mol. The molecule has 2 aromatic rings. The number of aliphatic carboxylic acids is 1. The third-order valence-corrected chi connectivity index (χ3v) is 6.60. The van der Waals surface area contributed by atoms with Crippen molar-refractivity contribution in [3.05, 3.63) is 59.1 Å². The van der Waals surface area contributed by atoms with Crippen LogP contribution in [0.4, 0.5) is 11.4 Å². The van der Waals surface area contributed by atoms with E-state index in [4.69, 9.17) is 21.6 Å². The van der Waals surface area contributed by atoms with Gasteiger partial charge in [-0.15, -0.1) is 24.0 Å². The molecule has 1 saturated carbocycles. The molecule has 0 saturated heterocycles. The van der Waals surface area contributed by atoms with Crippen molar-refractivity contribution in [1.82, 2.24) is 0 Å². The van der Waals surface area contributed by atoms with Gasteiger partial charge in [-0.25, -0.2) is 14.8 Å². The summed E-state index contributed by atoms with van der Waals surface area (Å²) in [5.41, 5.74) is 1.19. The van der Waals surface area contributed by atoms with Crippen molar-refractivity contribution >= 4 is 81.7 Å². The summed E-state index contributed by atoms with van der Waals surface area (Å²) in [5, 5.41) is 19.6. The number of anilines is 1. The zero-order chi connectivity index (χ0) is 22.0. The zero-order valence-corrected chi connectivity index (χ0v) is 20.8. The number of hydrogen-bond donors (Lipinski definition) is 2. The molecule has 1 aliphatic carbocycles. The molecular weight excluding hydrogens is 565 g/mol. The molecule has 1 spiro atoms. The average Bonchev–Trinajstić information content (AvgIpc) is 3.34. The first-order valence-electron chi connectivity index (χ1n) is 9.81. The number of carboxylic acid groups (broad SMARTS) is 2. The molecule has 0 atom stereocenters. The Morgan fingerprint density at radius 2 is 1.69 bits per heavy atom. The molecule has 10 heteroatoms. The summed E-state index contributed by atoms with van der Waals surface area (Å²) in [4.78, 5) is 34.1. The molecule has 0 unspecified atom stereocenters. The molecule has 0 radical (unpaired) electrons. The van der Waals surface area contributed by atoms with Crippen LogP contribution in [-0.4, -0.2) is 44.4 Å². The van der Waals surface area contributed by atoms with Gasteiger partial charge in [0.25, 0.3) is 0 Å². The second-order valence-electron chi connectivity index (χ2n) is 7.41. The van der Waals surface area contributed by atoms with Crippen LogP contribution in [0.1, 0.15) is 36.0 Å². The van der Waals surface area contributed by atoms with Crippen molar-refractivity contribution < 1.29 is 19.8 Å². The van der Waals surface area contributed by atoms with E-state index in [2.05, 4.69) is 0 Å². The Bertz CT molecular complexity index is 1070. The number of halogens is 2. The fraction of sp³-hybridized carbons (Fsp3) is 0.273. The van der Waals surface area contributed by atoms with Gasteiger partial charge in [-0.3, -0.25) is 4.79 Å². The highest BCUT2D eigenvalue weighted by molar-refractivity contribution is 14.0. The number of carboxylic acids is 2. The minimum atomic E-state index is -0.998. The van der Waals surface area contributed by atoms with Crippen LogP contribution in [-0.2, 0) is 4.79 Å². The Balaban J connectivity index is 0.00000289. The molecular formula is C22H21ClIN3O4S. The predicted octanol–water partition coefficient (Wildman–Crippen LogP) is 5.69. The molecule has 168 valence electrons. The molecule has 2 aromatic carbocycles. The summed E-state index contributed by atoms with van der Waals surface area (Å²) >= 11 is 7.14. The van der Waals surface area contributed by atoms with Gasteiger partial charge in [-0.2, -0.15) is 0 Å². The normalized spacial score (nSPS) is 18.0. The highest BCUT2D eigenvalue weighted by Crippen LogP contribution is 2.45. The summed E-state index contributed by atoms with van der Waals surface area (Å²) in [6, 6.07) is 13.8. The van der Waals surface area contributed by atoms with Crippen LogP contribution in [0.3, 0.4) is 0 Å². The molecule has 2 aliphatic rings. The fourth-order valence-corrected chi connectivity index (χ4v) is 4.97. The van der Waals surface area contributed by atoms with E-state index in [1.165, 1.54) is 0 Å². The smallest absolute Gasteiger partial charge is 0.335 e. The molecule has 4 rings (SSSR count). The van der Waals surface area contributed by atoms with E-state index in [9.17, 15) is 19.8 Å². The van der Waals surface area contributed by atoms with Crippen molar-refractivity contribution in [3.63, 3.8) is 0 Å². The van der Waals surface area contributed by atoms with Gasteiger partial charge in [0.1, 0.15) is 5.54 Å². The molecule has 0 amide bonds. The number of carbonyl (C=O) groups is 2. The maximum atomic E-state index is 11.3. The van der Waals surface area contributed by atoms with Gasteiger partial charge in [0.2, 0.25) is 0 Å². The topological polar surface area (TPSA) is 103 Å². The quantitative estimate of drug-likeness (QED) is 0.437. The maximum absolute atomic E-state index is 11.3. The lowest BCUT2D eigenvalue weighted by Crippen LogP contribution is -2.49. The number of rotatable bonds is 5. The van der Waals surface area contributed by atoms with Crippen LogP contribution in [0.2, 0.25) is 5.02 Å². The van der Waals surface area contributed by atoms with E-state index in [-0.39, 0.29) is 35.3 Å². The lowest BCUT2D eigenvalue weighted by molar-refractivity contribution is -0.133. The van der Waals surface area contributed by atoms with E-state index >= 15 is 0 Å². The van der Waals surface area contributed by atoms with Crippen LogP contribution < -0.4 is 4.90 Å². The summed E-state index contributed by atoms with van der Waals surface area (Å²) in [5.74, 6) is -1.42. The molecule has 7 nitrogen and oxygen atoms in total. The highest BCUT2D eigenvalue weighted by atomic mass is 127. The van der Waals surface area contributed by atoms with Crippen molar-refractivity contribution in [2.24, 2.45) is 9.98 Å². The number of aromatic carboxylic acids is 1. The lowest BCUT2D eigenvalue weighted by atomic mass is 9.94. The molecule has 0 bridgehead atoms. The van der Waals surface area contributed by atoms with Crippen molar-refractivity contribution in [2.75, 3.05) is 10.7 Å². The van der Waals surface area contributed by atoms with E-state index in [0.29, 0.717) is 16.0 Å². The third kappa shape index (κ3) is 4.94. The summed E-state index contributed by atoms with van der Waals surface area (Å²) in [6.07, 6.45) is 3.63. The Kier molecular flexibility index (Phi) is 7.84. The predicted molar refractivity (Wildman–Crippen MR) is 139 cm³/mol. The number of nitrogens with zero attached hydrogens (tertiary/aromatic N) is 3. The maximum Gasteiger partial charge on any atom is 0.335 e. The summed E-state index contributed by atoms with van der Waals surface area (Å²) in [6.45, 7) is 0. The minimum Gasteiger partial charge on any atom is -0.481 e. The van der Waals surface area contributed by atoms with E-state index in [1.54, 1.807) is 36.4 Å². The number of thioether (sulfide) groups is 1. The number of benzene rings is 2. The fourth-order valence-electron chi connectivity index (χ4n) is 4.04. The van der Waals surface area contributed by atoms with Gasteiger partial charge in [0.15, 0.2) is 11.0 Å². The summed E-state index contributed by atoms with van der Waals surface area (Å²) < 4.78 is 0. The lowest BCUT2D eigenvalue weighted by Gasteiger charge is -2.36. The van der Waals surface area contributed by atoms with Crippen LogP contribution >= 0.6 is 47.3 Å². The van der Waals surface area contributed by atoms with Gasteiger partial charge < -0.3 is 15.1 Å².